The summed E-state index contributed by atoms with van der Waals surface area (Å²) in [7, 11) is 0. The van der Waals surface area contributed by atoms with Crippen LogP contribution in [0.2, 0.25) is 0 Å². The average molecular weight is 309 g/mol. The molecule has 0 aromatic heterocycles. The SMILES string of the molecule is CC1CN(Cc2cccc(N)c2)c2ccc(F)cc2O1.Cl. The minimum absolute atomic E-state index is 0. The van der Waals surface area contributed by atoms with Crippen molar-refractivity contribution in [3.63, 3.8) is 0 Å². The van der Waals surface area contributed by atoms with Crippen LogP contribution in [0.1, 0.15) is 12.5 Å². The Kier molecular flexibility index (Phi) is 4.58. The van der Waals surface area contributed by atoms with Crippen molar-refractivity contribution < 1.29 is 9.13 Å². The number of nitrogens with two attached hydrogens (primary N) is 1. The molecule has 1 aliphatic heterocycles. The van der Waals surface area contributed by atoms with E-state index in [-0.39, 0.29) is 24.3 Å². The van der Waals surface area contributed by atoms with Crippen molar-refractivity contribution in [2.24, 2.45) is 0 Å². The van der Waals surface area contributed by atoms with E-state index >= 15 is 0 Å². The van der Waals surface area contributed by atoms with Gasteiger partial charge in [-0.25, -0.2) is 4.39 Å². The second-order valence-electron chi connectivity index (χ2n) is 5.17. The molecule has 5 heteroatoms. The third kappa shape index (κ3) is 3.39. The Morgan fingerprint density at radius 2 is 2.10 bits per heavy atom. The molecule has 2 N–H and O–H groups in total. The fourth-order valence-electron chi connectivity index (χ4n) is 2.57. The zero-order valence-corrected chi connectivity index (χ0v) is 12.6. The standard InChI is InChI=1S/C16H17FN2O.ClH/c1-11-9-19(10-12-3-2-4-14(18)7-12)15-6-5-13(17)8-16(15)20-11;/h2-8,11H,9-10,18H2,1H3;1H. The van der Waals surface area contributed by atoms with Crippen LogP contribution in [0.25, 0.3) is 0 Å². The van der Waals surface area contributed by atoms with Crippen LogP contribution < -0.4 is 15.4 Å². The molecule has 1 atom stereocenters. The monoisotopic (exact) mass is 308 g/mol. The van der Waals surface area contributed by atoms with Crippen molar-refractivity contribution in [2.75, 3.05) is 17.2 Å². The molecule has 0 amide bonds. The van der Waals surface area contributed by atoms with Gasteiger partial charge in [0, 0.05) is 18.3 Å². The van der Waals surface area contributed by atoms with E-state index in [0.29, 0.717) is 5.75 Å². The first-order valence-corrected chi connectivity index (χ1v) is 6.67. The predicted molar refractivity (Wildman–Crippen MR) is 85.6 cm³/mol. The van der Waals surface area contributed by atoms with Gasteiger partial charge in [-0.1, -0.05) is 12.1 Å². The topological polar surface area (TPSA) is 38.5 Å². The van der Waals surface area contributed by atoms with E-state index in [2.05, 4.69) is 4.90 Å². The lowest BCUT2D eigenvalue weighted by atomic mass is 10.1. The molecule has 0 aliphatic carbocycles. The van der Waals surface area contributed by atoms with Gasteiger partial charge in [0.2, 0.25) is 0 Å². The Hall–Kier alpha value is -1.94. The summed E-state index contributed by atoms with van der Waals surface area (Å²) in [5.74, 6) is 0.328. The number of hydrogen-bond donors (Lipinski definition) is 1. The first-order valence-electron chi connectivity index (χ1n) is 6.67. The largest absolute Gasteiger partial charge is 0.487 e. The Morgan fingerprint density at radius 3 is 2.86 bits per heavy atom. The molecular weight excluding hydrogens is 291 g/mol. The molecule has 0 fully saturated rings. The highest BCUT2D eigenvalue weighted by Crippen LogP contribution is 2.34. The first kappa shape index (κ1) is 15.4. The van der Waals surface area contributed by atoms with Gasteiger partial charge < -0.3 is 15.4 Å². The van der Waals surface area contributed by atoms with Crippen LogP contribution in [0, 0.1) is 5.82 Å². The molecule has 2 aromatic rings. The molecule has 0 saturated heterocycles. The van der Waals surface area contributed by atoms with Gasteiger partial charge in [0.05, 0.1) is 12.2 Å². The predicted octanol–water partition coefficient (Wildman–Crippen LogP) is 3.62. The van der Waals surface area contributed by atoms with Crippen LogP contribution >= 0.6 is 12.4 Å². The first-order chi connectivity index (χ1) is 9.61. The smallest absolute Gasteiger partial charge is 0.146 e. The molecule has 0 bridgehead atoms. The molecule has 112 valence electrons. The van der Waals surface area contributed by atoms with E-state index in [1.165, 1.54) is 12.1 Å². The van der Waals surface area contributed by atoms with Gasteiger partial charge in [-0.05, 0) is 36.8 Å². The minimum atomic E-state index is -0.276. The lowest BCUT2D eigenvalue weighted by molar-refractivity contribution is 0.211. The van der Waals surface area contributed by atoms with E-state index in [4.69, 9.17) is 10.5 Å². The van der Waals surface area contributed by atoms with Crippen molar-refractivity contribution in [3.05, 3.63) is 53.8 Å². The molecular formula is C16H18ClFN2O. The summed E-state index contributed by atoms with van der Waals surface area (Å²) >= 11 is 0. The number of anilines is 2. The number of halogens is 2. The van der Waals surface area contributed by atoms with Gasteiger partial charge in [-0.2, -0.15) is 0 Å². The molecule has 3 nitrogen and oxygen atoms in total. The van der Waals surface area contributed by atoms with E-state index in [9.17, 15) is 4.39 Å². The maximum absolute atomic E-state index is 13.3. The molecule has 1 aliphatic rings. The summed E-state index contributed by atoms with van der Waals surface area (Å²) in [5, 5.41) is 0. The molecule has 0 radical (unpaired) electrons. The van der Waals surface area contributed by atoms with Crippen LogP contribution in [0.5, 0.6) is 5.75 Å². The quantitative estimate of drug-likeness (QED) is 0.861. The summed E-state index contributed by atoms with van der Waals surface area (Å²) in [6, 6.07) is 12.5. The minimum Gasteiger partial charge on any atom is -0.487 e. The van der Waals surface area contributed by atoms with Crippen molar-refractivity contribution in [1.82, 2.24) is 0 Å². The number of benzene rings is 2. The molecule has 1 heterocycles. The normalized spacial score (nSPS) is 16.7. The summed E-state index contributed by atoms with van der Waals surface area (Å²) in [6.45, 7) is 3.49. The summed E-state index contributed by atoms with van der Waals surface area (Å²) < 4.78 is 19.0. The fourth-order valence-corrected chi connectivity index (χ4v) is 2.57. The van der Waals surface area contributed by atoms with Crippen LogP contribution in [-0.4, -0.2) is 12.6 Å². The van der Waals surface area contributed by atoms with Crippen molar-refractivity contribution in [3.8, 4) is 5.75 Å². The number of rotatable bonds is 2. The van der Waals surface area contributed by atoms with Gasteiger partial charge in [-0.3, -0.25) is 0 Å². The number of fused-ring (bicyclic) bond motifs is 1. The lowest BCUT2D eigenvalue weighted by Crippen LogP contribution is -2.38. The zero-order valence-electron chi connectivity index (χ0n) is 11.8. The maximum atomic E-state index is 13.3. The Balaban J connectivity index is 0.00000161. The van der Waals surface area contributed by atoms with Gasteiger partial charge in [0.15, 0.2) is 0 Å². The highest BCUT2D eigenvalue weighted by atomic mass is 35.5. The van der Waals surface area contributed by atoms with Crippen LogP contribution in [0.4, 0.5) is 15.8 Å². The van der Waals surface area contributed by atoms with Crippen molar-refractivity contribution in [2.45, 2.75) is 19.6 Å². The Morgan fingerprint density at radius 1 is 1.29 bits per heavy atom. The summed E-state index contributed by atoms with van der Waals surface area (Å²) in [5.41, 5.74) is 8.62. The van der Waals surface area contributed by atoms with Gasteiger partial charge >= 0.3 is 0 Å². The summed E-state index contributed by atoms with van der Waals surface area (Å²) in [4.78, 5) is 2.19. The molecule has 3 rings (SSSR count). The molecule has 0 saturated carbocycles. The molecule has 21 heavy (non-hydrogen) atoms. The van der Waals surface area contributed by atoms with Crippen molar-refractivity contribution in [1.29, 1.82) is 0 Å². The van der Waals surface area contributed by atoms with Gasteiger partial charge in [0.1, 0.15) is 17.7 Å². The van der Waals surface area contributed by atoms with Crippen LogP contribution in [0.3, 0.4) is 0 Å². The van der Waals surface area contributed by atoms with Crippen molar-refractivity contribution >= 4 is 23.8 Å². The van der Waals surface area contributed by atoms with E-state index < -0.39 is 0 Å². The Labute approximate surface area is 129 Å². The second-order valence-corrected chi connectivity index (χ2v) is 5.17. The van der Waals surface area contributed by atoms with Crippen LogP contribution in [-0.2, 0) is 6.54 Å². The van der Waals surface area contributed by atoms with E-state index in [1.54, 1.807) is 6.07 Å². The second kappa shape index (κ2) is 6.22. The highest BCUT2D eigenvalue weighted by molar-refractivity contribution is 5.85. The van der Waals surface area contributed by atoms with Gasteiger partial charge in [0.25, 0.3) is 0 Å². The number of hydrogen-bond acceptors (Lipinski definition) is 3. The van der Waals surface area contributed by atoms with E-state index in [1.807, 2.05) is 31.2 Å². The number of ether oxygens (including phenoxy) is 1. The molecule has 2 aromatic carbocycles. The number of nitrogens with zero attached hydrogens (tertiary/aromatic N) is 1. The maximum Gasteiger partial charge on any atom is 0.146 e. The molecule has 1 unspecified atom stereocenters. The van der Waals surface area contributed by atoms with Gasteiger partial charge in [-0.15, -0.1) is 12.4 Å². The van der Waals surface area contributed by atoms with Crippen LogP contribution in [0.15, 0.2) is 42.5 Å². The highest BCUT2D eigenvalue weighted by Gasteiger charge is 2.23. The lowest BCUT2D eigenvalue weighted by Gasteiger charge is -2.35. The average Bonchev–Trinajstić information content (AvgIpc) is 2.37. The number of nitrogen functional groups attached to an aromatic ring is 1. The third-order valence-corrected chi connectivity index (χ3v) is 3.39. The van der Waals surface area contributed by atoms with E-state index in [0.717, 1.165) is 30.0 Å². The Bertz CT molecular complexity index is 635. The fraction of sp³-hybridized carbons (Fsp3) is 0.250. The molecule has 0 spiro atoms. The third-order valence-electron chi connectivity index (χ3n) is 3.39. The summed E-state index contributed by atoms with van der Waals surface area (Å²) in [6.07, 6.45) is 0.0327. The zero-order chi connectivity index (χ0) is 14.1.